The number of benzene rings is 2. The van der Waals surface area contributed by atoms with Gasteiger partial charge in [-0.1, -0.05) is 16.9 Å². The van der Waals surface area contributed by atoms with Crippen LogP contribution in [0.15, 0.2) is 50.6 Å². The smallest absolute Gasteiger partial charge is 0.277 e. The molecule has 0 N–H and O–H groups in total. The number of thioether (sulfide) groups is 1. The largest absolute Gasteiger partial charge is 0.493 e. The lowest BCUT2D eigenvalue weighted by molar-refractivity contribution is 0.355. The molecule has 0 aliphatic carbocycles. The van der Waals surface area contributed by atoms with E-state index in [0.717, 1.165) is 11.1 Å². The van der Waals surface area contributed by atoms with Crippen LogP contribution >= 0.6 is 11.8 Å². The van der Waals surface area contributed by atoms with Crippen molar-refractivity contribution in [1.29, 1.82) is 0 Å². The summed E-state index contributed by atoms with van der Waals surface area (Å²) in [4.78, 5) is 4.42. The highest BCUT2D eigenvalue weighted by molar-refractivity contribution is 7.98. The molecule has 4 aromatic rings. The lowest BCUT2D eigenvalue weighted by Crippen LogP contribution is -1.91. The SMILES string of the molecule is COc1ccc(-c2noc(CSc3nnc(-c4ccc(OC)c(OC)c4)o3)n2)cc1OC. The maximum absolute atomic E-state index is 5.74. The Balaban J connectivity index is 1.44. The fraction of sp³-hybridized carbons (Fsp3) is 0.238. The van der Waals surface area contributed by atoms with E-state index >= 15 is 0 Å². The standard InChI is InChI=1S/C21H20N4O6S/c1-26-14-7-5-12(9-16(14)28-3)19-22-18(31-25-19)11-32-21-24-23-20(30-21)13-6-8-15(27-2)17(10-13)29-4/h5-10H,11H2,1-4H3. The maximum atomic E-state index is 5.74. The summed E-state index contributed by atoms with van der Waals surface area (Å²) in [5.41, 5.74) is 1.46. The van der Waals surface area contributed by atoms with Gasteiger partial charge >= 0.3 is 0 Å². The Bertz CT molecular complexity index is 1110. The number of hydrogen-bond acceptors (Lipinski definition) is 11. The van der Waals surface area contributed by atoms with E-state index in [4.69, 9.17) is 27.9 Å². The van der Waals surface area contributed by atoms with Gasteiger partial charge in [-0.15, -0.1) is 10.2 Å². The van der Waals surface area contributed by atoms with E-state index in [1.807, 2.05) is 12.1 Å². The monoisotopic (exact) mass is 456 g/mol. The molecule has 0 fully saturated rings. The quantitative estimate of drug-likeness (QED) is 0.339. The molecule has 0 saturated heterocycles. The Morgan fingerprint density at radius 1 is 0.781 bits per heavy atom. The van der Waals surface area contributed by atoms with Crippen molar-refractivity contribution in [2.75, 3.05) is 28.4 Å². The van der Waals surface area contributed by atoms with Gasteiger partial charge in [0, 0.05) is 11.1 Å². The molecule has 0 radical (unpaired) electrons. The lowest BCUT2D eigenvalue weighted by atomic mass is 10.2. The van der Waals surface area contributed by atoms with Crippen LogP contribution in [0.5, 0.6) is 23.0 Å². The Kier molecular flexibility index (Phi) is 6.45. The van der Waals surface area contributed by atoms with Crippen molar-refractivity contribution in [1.82, 2.24) is 20.3 Å². The van der Waals surface area contributed by atoms with Crippen molar-refractivity contribution in [2.24, 2.45) is 0 Å². The van der Waals surface area contributed by atoms with Gasteiger partial charge in [0.15, 0.2) is 23.0 Å². The second kappa shape index (κ2) is 9.60. The van der Waals surface area contributed by atoms with E-state index in [-0.39, 0.29) is 0 Å². The fourth-order valence-electron chi connectivity index (χ4n) is 2.88. The third kappa shape index (κ3) is 4.47. The molecule has 0 bridgehead atoms. The molecule has 2 aromatic heterocycles. The molecule has 0 atom stereocenters. The molecule has 10 nitrogen and oxygen atoms in total. The normalized spacial score (nSPS) is 10.8. The highest BCUT2D eigenvalue weighted by atomic mass is 32.2. The number of rotatable bonds is 9. The molecule has 0 amide bonds. The fourth-order valence-corrected chi connectivity index (χ4v) is 3.48. The van der Waals surface area contributed by atoms with Crippen molar-refractivity contribution in [3.8, 4) is 45.8 Å². The Morgan fingerprint density at radius 2 is 1.41 bits per heavy atom. The third-order valence-corrected chi connectivity index (χ3v) is 5.27. The average molecular weight is 456 g/mol. The van der Waals surface area contributed by atoms with Crippen molar-refractivity contribution in [3.05, 3.63) is 42.3 Å². The zero-order chi connectivity index (χ0) is 22.5. The van der Waals surface area contributed by atoms with Crippen LogP contribution in [0.1, 0.15) is 5.89 Å². The van der Waals surface area contributed by atoms with Crippen molar-refractivity contribution < 1.29 is 27.9 Å². The molecule has 0 aliphatic heterocycles. The summed E-state index contributed by atoms with van der Waals surface area (Å²) in [6, 6.07) is 10.8. The van der Waals surface area contributed by atoms with Crippen LogP contribution in [0.25, 0.3) is 22.8 Å². The minimum atomic E-state index is 0.366. The van der Waals surface area contributed by atoms with Crippen LogP contribution in [0.3, 0.4) is 0 Å². The van der Waals surface area contributed by atoms with Crippen molar-refractivity contribution in [3.63, 3.8) is 0 Å². The van der Waals surface area contributed by atoms with Gasteiger partial charge < -0.3 is 27.9 Å². The van der Waals surface area contributed by atoms with Crippen LogP contribution in [-0.4, -0.2) is 48.8 Å². The molecule has 0 saturated carbocycles. The van der Waals surface area contributed by atoms with E-state index in [2.05, 4.69) is 20.3 Å². The predicted octanol–water partition coefficient (Wildman–Crippen LogP) is 4.11. The summed E-state index contributed by atoms with van der Waals surface area (Å²) in [5.74, 6) is 4.00. The Hall–Kier alpha value is -3.73. The zero-order valence-corrected chi connectivity index (χ0v) is 18.6. The summed E-state index contributed by atoms with van der Waals surface area (Å²) in [6.07, 6.45) is 0. The van der Waals surface area contributed by atoms with Gasteiger partial charge in [0.2, 0.25) is 17.6 Å². The molecular formula is C21H20N4O6S. The van der Waals surface area contributed by atoms with Crippen LogP contribution in [-0.2, 0) is 5.75 Å². The third-order valence-electron chi connectivity index (χ3n) is 4.47. The summed E-state index contributed by atoms with van der Waals surface area (Å²) >= 11 is 1.29. The van der Waals surface area contributed by atoms with Gasteiger partial charge in [0.05, 0.1) is 34.2 Å². The highest BCUT2D eigenvalue weighted by Crippen LogP contribution is 2.34. The molecule has 2 aromatic carbocycles. The van der Waals surface area contributed by atoms with Crippen molar-refractivity contribution >= 4 is 11.8 Å². The van der Waals surface area contributed by atoms with Gasteiger partial charge in [-0.2, -0.15) is 4.98 Å². The number of aromatic nitrogens is 4. The van der Waals surface area contributed by atoms with E-state index in [1.54, 1.807) is 52.7 Å². The first-order chi connectivity index (χ1) is 15.6. The minimum Gasteiger partial charge on any atom is -0.493 e. The van der Waals surface area contributed by atoms with Crippen LogP contribution < -0.4 is 18.9 Å². The first-order valence-electron chi connectivity index (χ1n) is 9.38. The molecule has 4 rings (SSSR count). The van der Waals surface area contributed by atoms with Crippen molar-refractivity contribution in [2.45, 2.75) is 11.0 Å². The zero-order valence-electron chi connectivity index (χ0n) is 17.8. The minimum absolute atomic E-state index is 0.366. The summed E-state index contributed by atoms with van der Waals surface area (Å²) < 4.78 is 32.2. The number of ether oxygens (including phenoxy) is 4. The van der Waals surface area contributed by atoms with E-state index in [9.17, 15) is 0 Å². The topological polar surface area (TPSA) is 115 Å². The van der Waals surface area contributed by atoms with E-state index < -0.39 is 0 Å². The Labute approximate surface area is 187 Å². The molecule has 0 aliphatic rings. The molecule has 2 heterocycles. The van der Waals surface area contributed by atoms with E-state index in [1.165, 1.54) is 11.8 Å². The predicted molar refractivity (Wildman–Crippen MR) is 115 cm³/mol. The van der Waals surface area contributed by atoms with Crippen LogP contribution in [0.4, 0.5) is 0 Å². The highest BCUT2D eigenvalue weighted by Gasteiger charge is 2.16. The van der Waals surface area contributed by atoms with Gasteiger partial charge in [0.1, 0.15) is 0 Å². The van der Waals surface area contributed by atoms with Gasteiger partial charge in [-0.05, 0) is 36.4 Å². The number of nitrogens with zero attached hydrogens (tertiary/aromatic N) is 4. The molecule has 32 heavy (non-hydrogen) atoms. The molecule has 0 spiro atoms. The summed E-state index contributed by atoms with van der Waals surface area (Å²) in [6.45, 7) is 0. The molecule has 166 valence electrons. The second-order valence-electron chi connectivity index (χ2n) is 6.31. The van der Waals surface area contributed by atoms with Gasteiger partial charge in [-0.25, -0.2) is 0 Å². The van der Waals surface area contributed by atoms with Gasteiger partial charge in [-0.3, -0.25) is 0 Å². The Morgan fingerprint density at radius 3 is 2.06 bits per heavy atom. The molecule has 0 unspecified atom stereocenters. The molecule has 11 heteroatoms. The lowest BCUT2D eigenvalue weighted by Gasteiger charge is -2.07. The van der Waals surface area contributed by atoms with Gasteiger partial charge in [0.25, 0.3) is 5.22 Å². The first kappa shape index (κ1) is 21.5. The number of hydrogen-bond donors (Lipinski definition) is 0. The number of methoxy groups -OCH3 is 4. The summed E-state index contributed by atoms with van der Waals surface area (Å²) in [7, 11) is 6.29. The maximum Gasteiger partial charge on any atom is 0.277 e. The average Bonchev–Trinajstić information content (AvgIpc) is 3.51. The second-order valence-corrected chi connectivity index (χ2v) is 7.24. The van der Waals surface area contributed by atoms with Crippen LogP contribution in [0, 0.1) is 0 Å². The molecular weight excluding hydrogens is 436 g/mol. The van der Waals surface area contributed by atoms with E-state index in [0.29, 0.717) is 51.6 Å². The first-order valence-corrected chi connectivity index (χ1v) is 10.4. The van der Waals surface area contributed by atoms with Crippen LogP contribution in [0.2, 0.25) is 0 Å². The summed E-state index contributed by atoms with van der Waals surface area (Å²) in [5, 5.41) is 12.6.